The van der Waals surface area contributed by atoms with E-state index < -0.39 is 0 Å². The Morgan fingerprint density at radius 1 is 1.21 bits per heavy atom. The SMILES string of the molecule is Cc1c(F)ccc2c1N=C(c1ccc(N(C)CCCC3CCN(C)CC3)nc1)B2. The molecule has 29 heavy (non-hydrogen) atoms. The van der Waals surface area contributed by atoms with Gasteiger partial charge in [0.1, 0.15) is 11.6 Å². The Morgan fingerprint density at radius 2 is 2.00 bits per heavy atom. The number of rotatable bonds is 6. The molecule has 0 saturated carbocycles. The first-order valence-electron chi connectivity index (χ1n) is 10.7. The molecular formula is C23H30BFN4. The molecule has 0 bridgehead atoms. The second-order valence-corrected chi connectivity index (χ2v) is 8.63. The number of piperidine rings is 1. The highest BCUT2D eigenvalue weighted by Gasteiger charge is 2.21. The molecule has 4 rings (SSSR count). The lowest BCUT2D eigenvalue weighted by molar-refractivity contribution is 0.211. The summed E-state index contributed by atoms with van der Waals surface area (Å²) in [6.45, 7) is 5.30. The molecule has 4 nitrogen and oxygen atoms in total. The summed E-state index contributed by atoms with van der Waals surface area (Å²) in [5.74, 6) is 1.68. The van der Waals surface area contributed by atoms with Crippen molar-refractivity contribution in [2.24, 2.45) is 10.9 Å². The van der Waals surface area contributed by atoms with Gasteiger partial charge >= 0.3 is 0 Å². The quantitative estimate of drug-likeness (QED) is 0.708. The van der Waals surface area contributed by atoms with Crippen LogP contribution in [0, 0.1) is 18.7 Å². The highest BCUT2D eigenvalue weighted by molar-refractivity contribution is 6.90. The lowest BCUT2D eigenvalue weighted by atomic mass is 9.65. The van der Waals surface area contributed by atoms with Gasteiger partial charge in [-0.2, -0.15) is 0 Å². The van der Waals surface area contributed by atoms with Gasteiger partial charge in [-0.05, 0) is 76.9 Å². The second-order valence-electron chi connectivity index (χ2n) is 8.63. The Labute approximate surface area is 174 Å². The van der Waals surface area contributed by atoms with E-state index >= 15 is 0 Å². The summed E-state index contributed by atoms with van der Waals surface area (Å²) in [5, 5.41) is 0. The third-order valence-electron chi connectivity index (χ3n) is 6.47. The van der Waals surface area contributed by atoms with Crippen molar-refractivity contribution in [3.05, 3.63) is 47.4 Å². The van der Waals surface area contributed by atoms with Crippen LogP contribution in [0.25, 0.3) is 0 Å². The average Bonchev–Trinajstić information content (AvgIpc) is 3.17. The first-order valence-corrected chi connectivity index (χ1v) is 10.7. The molecule has 152 valence electrons. The molecule has 0 spiro atoms. The summed E-state index contributed by atoms with van der Waals surface area (Å²) in [7, 11) is 5.07. The minimum atomic E-state index is -0.191. The zero-order valence-electron chi connectivity index (χ0n) is 17.8. The number of fused-ring (bicyclic) bond motifs is 1. The number of anilines is 1. The van der Waals surface area contributed by atoms with E-state index in [4.69, 9.17) is 0 Å². The zero-order chi connectivity index (χ0) is 20.4. The van der Waals surface area contributed by atoms with Crippen LogP contribution in [-0.2, 0) is 0 Å². The summed E-state index contributed by atoms with van der Waals surface area (Å²) in [6, 6.07) is 7.54. The number of halogens is 1. The fourth-order valence-corrected chi connectivity index (χ4v) is 4.42. The van der Waals surface area contributed by atoms with Crippen molar-refractivity contribution < 1.29 is 4.39 Å². The van der Waals surface area contributed by atoms with Gasteiger partial charge < -0.3 is 9.80 Å². The normalized spacial score (nSPS) is 17.0. The summed E-state index contributed by atoms with van der Waals surface area (Å²) < 4.78 is 13.8. The van der Waals surface area contributed by atoms with Crippen LogP contribution < -0.4 is 10.4 Å². The molecule has 1 saturated heterocycles. The highest BCUT2D eigenvalue weighted by atomic mass is 19.1. The number of benzene rings is 1. The molecule has 0 N–H and O–H groups in total. The van der Waals surface area contributed by atoms with E-state index in [1.165, 1.54) is 44.8 Å². The molecule has 0 radical (unpaired) electrons. The number of hydrogen-bond donors (Lipinski definition) is 0. The smallest absolute Gasteiger partial charge is 0.220 e. The summed E-state index contributed by atoms with van der Waals surface area (Å²) >= 11 is 0. The standard InChI is InChI=1S/C23H30BFN4/c1-16-20(25)8-7-19-22(16)27-23(24-19)18-6-9-21(26-15-18)29(3)12-4-5-17-10-13-28(2)14-11-17/h6-9,15,17,24H,4-5,10-14H2,1-3H3. The van der Waals surface area contributed by atoms with Crippen LogP contribution in [0.15, 0.2) is 35.5 Å². The van der Waals surface area contributed by atoms with Crippen LogP contribution in [-0.4, -0.2) is 56.5 Å². The molecule has 0 amide bonds. The number of likely N-dealkylation sites (tertiary alicyclic amines) is 1. The Hall–Kier alpha value is -2.21. The summed E-state index contributed by atoms with van der Waals surface area (Å²) in [6.07, 6.45) is 7.09. The van der Waals surface area contributed by atoms with Gasteiger partial charge in [-0.3, -0.25) is 4.99 Å². The van der Waals surface area contributed by atoms with Crippen molar-refractivity contribution in [2.75, 3.05) is 38.6 Å². The molecule has 3 heterocycles. The molecule has 2 aromatic rings. The van der Waals surface area contributed by atoms with Gasteiger partial charge in [0.15, 0.2) is 0 Å². The number of pyridine rings is 1. The number of aliphatic imine (C=N–C) groups is 1. The number of nitrogens with zero attached hydrogens (tertiary/aromatic N) is 4. The first kappa shape index (κ1) is 20.1. The van der Waals surface area contributed by atoms with Crippen molar-refractivity contribution in [1.29, 1.82) is 0 Å². The van der Waals surface area contributed by atoms with Crippen molar-refractivity contribution in [1.82, 2.24) is 9.88 Å². The Morgan fingerprint density at radius 3 is 2.72 bits per heavy atom. The molecule has 2 aliphatic heterocycles. The average molecular weight is 392 g/mol. The largest absolute Gasteiger partial charge is 0.360 e. The molecular weight excluding hydrogens is 362 g/mol. The fourth-order valence-electron chi connectivity index (χ4n) is 4.42. The van der Waals surface area contributed by atoms with Gasteiger partial charge in [0, 0.05) is 36.5 Å². The van der Waals surface area contributed by atoms with Crippen molar-refractivity contribution >= 4 is 29.9 Å². The van der Waals surface area contributed by atoms with Gasteiger partial charge in [-0.1, -0.05) is 11.5 Å². The lowest BCUT2D eigenvalue weighted by Crippen LogP contribution is -2.30. The van der Waals surface area contributed by atoms with Crippen LogP contribution in [0.2, 0.25) is 0 Å². The van der Waals surface area contributed by atoms with Gasteiger partial charge in [0.05, 0.1) is 5.69 Å². The van der Waals surface area contributed by atoms with E-state index in [0.717, 1.165) is 47.9 Å². The fraction of sp³-hybridized carbons (Fsp3) is 0.478. The summed E-state index contributed by atoms with van der Waals surface area (Å²) in [5.41, 5.74) is 4.50. The van der Waals surface area contributed by atoms with Gasteiger partial charge in [0.2, 0.25) is 7.28 Å². The number of hydrogen-bond acceptors (Lipinski definition) is 4. The minimum absolute atomic E-state index is 0.191. The second kappa shape index (κ2) is 8.66. The van der Waals surface area contributed by atoms with Crippen LogP contribution in [0.1, 0.15) is 36.8 Å². The van der Waals surface area contributed by atoms with Gasteiger partial charge in [-0.25, -0.2) is 9.37 Å². The molecule has 1 aromatic heterocycles. The zero-order valence-corrected chi connectivity index (χ0v) is 17.8. The first-order chi connectivity index (χ1) is 14.0. The predicted molar refractivity (Wildman–Crippen MR) is 121 cm³/mol. The van der Waals surface area contributed by atoms with E-state index in [9.17, 15) is 4.39 Å². The van der Waals surface area contributed by atoms with Gasteiger partial charge in [-0.15, -0.1) is 0 Å². The lowest BCUT2D eigenvalue weighted by Gasteiger charge is -2.29. The van der Waals surface area contributed by atoms with E-state index in [0.29, 0.717) is 5.56 Å². The maximum atomic E-state index is 13.8. The van der Waals surface area contributed by atoms with Crippen LogP contribution in [0.3, 0.4) is 0 Å². The summed E-state index contributed by atoms with van der Waals surface area (Å²) in [4.78, 5) is 14.0. The minimum Gasteiger partial charge on any atom is -0.360 e. The van der Waals surface area contributed by atoms with E-state index in [2.05, 4.69) is 46.0 Å². The molecule has 1 fully saturated rings. The highest BCUT2D eigenvalue weighted by Crippen LogP contribution is 2.25. The third kappa shape index (κ3) is 4.53. The Bertz CT molecular complexity index is 888. The molecule has 1 aromatic carbocycles. The number of aromatic nitrogens is 1. The van der Waals surface area contributed by atoms with E-state index in [-0.39, 0.29) is 5.82 Å². The third-order valence-corrected chi connectivity index (χ3v) is 6.47. The molecule has 0 atom stereocenters. The van der Waals surface area contributed by atoms with E-state index in [1.54, 1.807) is 6.92 Å². The van der Waals surface area contributed by atoms with Crippen LogP contribution >= 0.6 is 0 Å². The van der Waals surface area contributed by atoms with Crippen molar-refractivity contribution in [2.45, 2.75) is 32.6 Å². The maximum absolute atomic E-state index is 13.8. The monoisotopic (exact) mass is 392 g/mol. The Kier molecular flexibility index (Phi) is 6.00. The van der Waals surface area contributed by atoms with Gasteiger partial charge in [0.25, 0.3) is 0 Å². The van der Waals surface area contributed by atoms with E-state index in [1.807, 2.05) is 12.3 Å². The molecule has 0 unspecified atom stereocenters. The molecule has 2 aliphatic rings. The van der Waals surface area contributed by atoms with Crippen LogP contribution in [0.4, 0.5) is 15.9 Å². The van der Waals surface area contributed by atoms with Crippen LogP contribution in [0.5, 0.6) is 0 Å². The van der Waals surface area contributed by atoms with Crippen molar-refractivity contribution in [3.8, 4) is 0 Å². The predicted octanol–water partition coefficient (Wildman–Crippen LogP) is 3.24. The topological polar surface area (TPSA) is 31.7 Å². The maximum Gasteiger partial charge on any atom is 0.220 e. The molecule has 6 heteroatoms. The van der Waals surface area contributed by atoms with Crippen molar-refractivity contribution in [3.63, 3.8) is 0 Å². The Balaban J connectivity index is 1.33. The molecule has 0 aliphatic carbocycles.